The van der Waals surface area contributed by atoms with Gasteiger partial charge in [-0.3, -0.25) is 4.79 Å². The minimum absolute atomic E-state index is 0.00775. The van der Waals surface area contributed by atoms with Crippen LogP contribution in [-0.4, -0.2) is 35.7 Å². The van der Waals surface area contributed by atoms with Crippen molar-refractivity contribution in [1.82, 2.24) is 10.6 Å². The van der Waals surface area contributed by atoms with Gasteiger partial charge in [0.25, 0.3) is 0 Å². The van der Waals surface area contributed by atoms with Gasteiger partial charge in [0, 0.05) is 0 Å². The van der Waals surface area contributed by atoms with Crippen LogP contribution in [-0.2, 0) is 4.79 Å². The lowest BCUT2D eigenvalue weighted by atomic mass is 9.90. The number of fused-ring (bicyclic) bond motifs is 1. The average molecular weight is 252 g/mol. The SMILES string of the molecule is O=C(NC1CCCCC1O)C1NCC2CCCC21. The summed E-state index contributed by atoms with van der Waals surface area (Å²) in [5.41, 5.74) is 0. The second kappa shape index (κ2) is 5.17. The molecule has 3 N–H and O–H groups in total. The van der Waals surface area contributed by atoms with E-state index < -0.39 is 0 Å². The molecule has 5 unspecified atom stereocenters. The van der Waals surface area contributed by atoms with Crippen LogP contribution in [0.3, 0.4) is 0 Å². The van der Waals surface area contributed by atoms with Gasteiger partial charge in [-0.15, -0.1) is 0 Å². The van der Waals surface area contributed by atoms with Gasteiger partial charge in [0.15, 0.2) is 0 Å². The third kappa shape index (κ3) is 2.28. The first-order valence-corrected chi connectivity index (χ1v) is 7.47. The maximum atomic E-state index is 12.3. The molecule has 4 nitrogen and oxygen atoms in total. The first-order chi connectivity index (χ1) is 8.75. The number of carbonyl (C=O) groups is 1. The number of aliphatic hydroxyl groups excluding tert-OH is 1. The summed E-state index contributed by atoms with van der Waals surface area (Å²) in [6, 6.07) is -0.0277. The number of hydrogen-bond donors (Lipinski definition) is 3. The maximum absolute atomic E-state index is 12.3. The molecule has 3 aliphatic rings. The predicted molar refractivity (Wildman–Crippen MR) is 69.0 cm³/mol. The molecule has 2 aliphatic carbocycles. The Balaban J connectivity index is 1.57. The summed E-state index contributed by atoms with van der Waals surface area (Å²) in [7, 11) is 0. The van der Waals surface area contributed by atoms with Crippen molar-refractivity contribution in [2.24, 2.45) is 11.8 Å². The molecule has 18 heavy (non-hydrogen) atoms. The van der Waals surface area contributed by atoms with Crippen LogP contribution >= 0.6 is 0 Å². The molecule has 1 saturated heterocycles. The van der Waals surface area contributed by atoms with E-state index in [0.29, 0.717) is 11.8 Å². The van der Waals surface area contributed by atoms with Gasteiger partial charge >= 0.3 is 0 Å². The van der Waals surface area contributed by atoms with E-state index in [0.717, 1.165) is 32.2 Å². The van der Waals surface area contributed by atoms with Gasteiger partial charge in [-0.05, 0) is 44.1 Å². The second-order valence-electron chi connectivity index (χ2n) is 6.21. The Bertz CT molecular complexity index is 321. The quantitative estimate of drug-likeness (QED) is 0.681. The molecule has 4 heteroatoms. The van der Waals surface area contributed by atoms with Crippen LogP contribution in [0.4, 0.5) is 0 Å². The summed E-state index contributed by atoms with van der Waals surface area (Å²) in [5.74, 6) is 1.36. The Morgan fingerprint density at radius 3 is 2.78 bits per heavy atom. The maximum Gasteiger partial charge on any atom is 0.237 e. The van der Waals surface area contributed by atoms with Crippen molar-refractivity contribution in [2.75, 3.05) is 6.54 Å². The summed E-state index contributed by atoms with van der Waals surface area (Å²) in [4.78, 5) is 12.3. The molecule has 3 rings (SSSR count). The first kappa shape index (κ1) is 12.4. The standard InChI is InChI=1S/C14H24N2O2/c17-12-7-2-1-6-11(12)16-14(18)13-10-5-3-4-9(10)8-15-13/h9-13,15,17H,1-8H2,(H,16,18). The van der Waals surface area contributed by atoms with Gasteiger partial charge in [0.2, 0.25) is 5.91 Å². The van der Waals surface area contributed by atoms with Gasteiger partial charge in [-0.2, -0.15) is 0 Å². The number of aliphatic hydroxyl groups is 1. The summed E-state index contributed by atoms with van der Waals surface area (Å²) in [6.45, 7) is 0.996. The normalized spacial score (nSPS) is 43.7. The fraction of sp³-hybridized carbons (Fsp3) is 0.929. The highest BCUT2D eigenvalue weighted by Gasteiger charge is 2.43. The van der Waals surface area contributed by atoms with Crippen LogP contribution in [0.2, 0.25) is 0 Å². The molecule has 0 aromatic carbocycles. The van der Waals surface area contributed by atoms with Gasteiger partial charge in [-0.1, -0.05) is 19.3 Å². The molecule has 1 aliphatic heterocycles. The summed E-state index contributed by atoms with van der Waals surface area (Å²) < 4.78 is 0. The van der Waals surface area contributed by atoms with Crippen LogP contribution < -0.4 is 10.6 Å². The van der Waals surface area contributed by atoms with Crippen molar-refractivity contribution in [1.29, 1.82) is 0 Å². The van der Waals surface area contributed by atoms with E-state index in [4.69, 9.17) is 0 Å². The van der Waals surface area contributed by atoms with E-state index >= 15 is 0 Å². The predicted octanol–water partition coefficient (Wildman–Crippen LogP) is 0.794. The molecular formula is C14H24N2O2. The van der Waals surface area contributed by atoms with Crippen LogP contribution in [0.5, 0.6) is 0 Å². The van der Waals surface area contributed by atoms with E-state index in [2.05, 4.69) is 10.6 Å². The van der Waals surface area contributed by atoms with E-state index in [-0.39, 0.29) is 24.1 Å². The van der Waals surface area contributed by atoms with Crippen LogP contribution in [0, 0.1) is 11.8 Å². The first-order valence-electron chi connectivity index (χ1n) is 7.47. The van der Waals surface area contributed by atoms with Crippen molar-refractivity contribution in [3.8, 4) is 0 Å². The Kier molecular flexibility index (Phi) is 3.57. The summed E-state index contributed by atoms with van der Waals surface area (Å²) in [6.07, 6.45) is 7.33. The smallest absolute Gasteiger partial charge is 0.237 e. The number of rotatable bonds is 2. The number of hydrogen-bond acceptors (Lipinski definition) is 3. The fourth-order valence-corrected chi connectivity index (χ4v) is 4.03. The second-order valence-corrected chi connectivity index (χ2v) is 6.21. The van der Waals surface area contributed by atoms with Crippen molar-refractivity contribution in [2.45, 2.75) is 63.1 Å². The van der Waals surface area contributed by atoms with Gasteiger partial charge in [0.05, 0.1) is 18.2 Å². The number of nitrogens with one attached hydrogen (secondary N) is 2. The van der Waals surface area contributed by atoms with E-state index in [1.165, 1.54) is 19.3 Å². The fourth-order valence-electron chi connectivity index (χ4n) is 4.03. The van der Waals surface area contributed by atoms with Gasteiger partial charge in [0.1, 0.15) is 0 Å². The zero-order chi connectivity index (χ0) is 12.5. The molecule has 2 saturated carbocycles. The highest BCUT2D eigenvalue weighted by Crippen LogP contribution is 2.37. The lowest BCUT2D eigenvalue weighted by Gasteiger charge is -2.30. The Labute approximate surface area is 109 Å². The highest BCUT2D eigenvalue weighted by atomic mass is 16.3. The highest BCUT2D eigenvalue weighted by molar-refractivity contribution is 5.83. The third-order valence-electron chi connectivity index (χ3n) is 5.09. The molecule has 0 spiro atoms. The molecule has 1 amide bonds. The summed E-state index contributed by atoms with van der Waals surface area (Å²) >= 11 is 0. The molecule has 0 aromatic heterocycles. The zero-order valence-corrected chi connectivity index (χ0v) is 10.9. The van der Waals surface area contributed by atoms with Crippen molar-refractivity contribution >= 4 is 5.91 Å². The van der Waals surface area contributed by atoms with E-state index in [9.17, 15) is 9.90 Å². The Morgan fingerprint density at radius 2 is 1.94 bits per heavy atom. The van der Waals surface area contributed by atoms with E-state index in [1.54, 1.807) is 0 Å². The topological polar surface area (TPSA) is 61.4 Å². The van der Waals surface area contributed by atoms with E-state index in [1.807, 2.05) is 0 Å². The monoisotopic (exact) mass is 252 g/mol. The molecule has 3 fully saturated rings. The zero-order valence-electron chi connectivity index (χ0n) is 10.9. The molecular weight excluding hydrogens is 228 g/mol. The lowest BCUT2D eigenvalue weighted by molar-refractivity contribution is -0.125. The molecule has 0 radical (unpaired) electrons. The average Bonchev–Trinajstić information content (AvgIpc) is 2.93. The van der Waals surface area contributed by atoms with Gasteiger partial charge < -0.3 is 15.7 Å². The Hall–Kier alpha value is -0.610. The summed E-state index contributed by atoms with van der Waals surface area (Å²) in [5, 5.41) is 16.4. The van der Waals surface area contributed by atoms with Crippen LogP contribution in [0.15, 0.2) is 0 Å². The minimum atomic E-state index is -0.344. The molecule has 1 heterocycles. The minimum Gasteiger partial charge on any atom is -0.391 e. The largest absolute Gasteiger partial charge is 0.391 e. The van der Waals surface area contributed by atoms with Crippen molar-refractivity contribution < 1.29 is 9.90 Å². The molecule has 5 atom stereocenters. The van der Waals surface area contributed by atoms with Gasteiger partial charge in [-0.25, -0.2) is 0 Å². The Morgan fingerprint density at radius 1 is 1.11 bits per heavy atom. The molecule has 0 aromatic rings. The molecule has 0 bridgehead atoms. The third-order valence-corrected chi connectivity index (χ3v) is 5.09. The molecule has 102 valence electrons. The van der Waals surface area contributed by atoms with Crippen LogP contribution in [0.25, 0.3) is 0 Å². The van der Waals surface area contributed by atoms with Crippen molar-refractivity contribution in [3.63, 3.8) is 0 Å². The van der Waals surface area contributed by atoms with Crippen molar-refractivity contribution in [3.05, 3.63) is 0 Å². The van der Waals surface area contributed by atoms with Crippen LogP contribution in [0.1, 0.15) is 44.9 Å². The number of amides is 1. The number of carbonyl (C=O) groups excluding carboxylic acids is 1. The lowest BCUT2D eigenvalue weighted by Crippen LogP contribution is -2.52.